The lowest BCUT2D eigenvalue weighted by atomic mass is 9.98. The molecule has 16 heavy (non-hydrogen) atoms. The van der Waals surface area contributed by atoms with Gasteiger partial charge < -0.3 is 0 Å². The molecule has 0 N–H and O–H groups in total. The zero-order valence-corrected chi connectivity index (χ0v) is 10.8. The molecule has 88 valence electrons. The third-order valence-electron chi connectivity index (χ3n) is 3.21. The Hall–Kier alpha value is -0.240. The van der Waals surface area contributed by atoms with Gasteiger partial charge in [0.25, 0.3) is 0 Å². The van der Waals surface area contributed by atoms with E-state index in [0.29, 0.717) is 11.8 Å². The summed E-state index contributed by atoms with van der Waals surface area (Å²) in [6.07, 6.45) is 1.12. The van der Waals surface area contributed by atoms with E-state index in [9.17, 15) is 0 Å². The van der Waals surface area contributed by atoms with E-state index in [-0.39, 0.29) is 5.38 Å². The summed E-state index contributed by atoms with van der Waals surface area (Å²) < 4.78 is 0. The Labute approximate surface area is 107 Å². The lowest BCUT2D eigenvalue weighted by molar-refractivity contribution is 0.190. The largest absolute Gasteiger partial charge is 0.298 e. The molecule has 1 aliphatic heterocycles. The first kappa shape index (κ1) is 12.2. The summed E-state index contributed by atoms with van der Waals surface area (Å²) in [6.45, 7) is 3.06. The van der Waals surface area contributed by atoms with Gasteiger partial charge in [-0.2, -0.15) is 0 Å². The van der Waals surface area contributed by atoms with Crippen LogP contribution in [0.5, 0.6) is 0 Å². The number of piperidine rings is 1. The van der Waals surface area contributed by atoms with Gasteiger partial charge in [0.1, 0.15) is 0 Å². The van der Waals surface area contributed by atoms with Crippen molar-refractivity contribution in [3.8, 4) is 0 Å². The number of halogens is 2. The monoisotopic (exact) mass is 257 g/mol. The first-order valence-electron chi connectivity index (χ1n) is 5.76. The summed E-state index contributed by atoms with van der Waals surface area (Å²) in [5, 5.41) is 0.204. The molecule has 1 aromatic carbocycles. The van der Waals surface area contributed by atoms with Gasteiger partial charge in [0.2, 0.25) is 0 Å². The Bertz CT molecular complexity index is 315. The highest BCUT2D eigenvalue weighted by atomic mass is 35.5. The van der Waals surface area contributed by atoms with Crippen LogP contribution in [0.1, 0.15) is 12.0 Å². The van der Waals surface area contributed by atoms with Gasteiger partial charge in [-0.1, -0.05) is 30.3 Å². The smallest absolute Gasteiger partial charge is 0.0503 e. The third kappa shape index (κ3) is 3.13. The number of nitrogens with zero attached hydrogens (tertiary/aromatic N) is 1. The molecule has 1 nitrogen and oxygen atoms in total. The molecule has 0 saturated carbocycles. The molecule has 0 spiro atoms. The fourth-order valence-electron chi connectivity index (χ4n) is 2.18. The van der Waals surface area contributed by atoms with E-state index in [1.807, 2.05) is 6.07 Å². The fourth-order valence-corrected chi connectivity index (χ4v) is 3.05. The molecular weight excluding hydrogens is 241 g/mol. The van der Waals surface area contributed by atoms with Crippen molar-refractivity contribution < 1.29 is 0 Å². The Morgan fingerprint density at radius 3 is 2.62 bits per heavy atom. The number of benzene rings is 1. The van der Waals surface area contributed by atoms with Gasteiger partial charge in [0, 0.05) is 19.0 Å². The van der Waals surface area contributed by atoms with Crippen LogP contribution in [-0.4, -0.2) is 29.2 Å². The van der Waals surface area contributed by atoms with Crippen LogP contribution in [0.4, 0.5) is 0 Å². The predicted octanol–water partition coefficient (Wildman–Crippen LogP) is 3.35. The second-order valence-electron chi connectivity index (χ2n) is 4.44. The second-order valence-corrected chi connectivity index (χ2v) is 5.31. The molecule has 1 fully saturated rings. The van der Waals surface area contributed by atoms with Gasteiger partial charge in [-0.05, 0) is 24.4 Å². The van der Waals surface area contributed by atoms with Gasteiger partial charge >= 0.3 is 0 Å². The molecule has 0 aromatic heterocycles. The molecule has 0 amide bonds. The maximum absolute atomic E-state index is 6.32. The number of hydrogen-bond donors (Lipinski definition) is 0. The van der Waals surface area contributed by atoms with E-state index < -0.39 is 0 Å². The van der Waals surface area contributed by atoms with Crippen molar-refractivity contribution in [2.24, 2.45) is 5.92 Å². The van der Waals surface area contributed by atoms with E-state index >= 15 is 0 Å². The lowest BCUT2D eigenvalue weighted by Crippen LogP contribution is -2.41. The van der Waals surface area contributed by atoms with E-state index in [1.54, 1.807) is 0 Å². The first-order valence-corrected chi connectivity index (χ1v) is 6.73. The molecule has 2 unspecified atom stereocenters. The summed E-state index contributed by atoms with van der Waals surface area (Å²) in [7, 11) is 0. The Morgan fingerprint density at radius 2 is 2.00 bits per heavy atom. The Morgan fingerprint density at radius 1 is 1.25 bits per heavy atom. The van der Waals surface area contributed by atoms with Crippen molar-refractivity contribution in [2.45, 2.75) is 18.3 Å². The van der Waals surface area contributed by atoms with Gasteiger partial charge in [0.15, 0.2) is 0 Å². The maximum atomic E-state index is 6.32. The average Bonchev–Trinajstić information content (AvgIpc) is 2.31. The third-order valence-corrected chi connectivity index (χ3v) is 4.10. The lowest BCUT2D eigenvalue weighted by Gasteiger charge is -2.34. The van der Waals surface area contributed by atoms with E-state index in [0.717, 1.165) is 26.1 Å². The Balaban J connectivity index is 1.89. The van der Waals surface area contributed by atoms with Crippen LogP contribution < -0.4 is 0 Å². The van der Waals surface area contributed by atoms with Crippen molar-refractivity contribution in [1.29, 1.82) is 0 Å². The van der Waals surface area contributed by atoms with Crippen LogP contribution in [0.3, 0.4) is 0 Å². The van der Waals surface area contributed by atoms with Gasteiger partial charge in [-0.25, -0.2) is 0 Å². The molecule has 0 radical (unpaired) electrons. The van der Waals surface area contributed by atoms with Crippen LogP contribution >= 0.6 is 23.2 Å². The minimum atomic E-state index is 0.204. The van der Waals surface area contributed by atoms with E-state index in [4.69, 9.17) is 23.2 Å². The van der Waals surface area contributed by atoms with Crippen LogP contribution in [-0.2, 0) is 6.54 Å². The molecular formula is C13H17Cl2N. The van der Waals surface area contributed by atoms with Crippen molar-refractivity contribution in [3.05, 3.63) is 35.9 Å². The number of alkyl halides is 2. The molecule has 1 aromatic rings. The molecule has 1 heterocycles. The summed E-state index contributed by atoms with van der Waals surface area (Å²) in [6, 6.07) is 10.5. The zero-order valence-electron chi connectivity index (χ0n) is 9.28. The van der Waals surface area contributed by atoms with E-state index in [1.165, 1.54) is 5.56 Å². The highest BCUT2D eigenvalue weighted by molar-refractivity contribution is 6.22. The normalized spacial score (nSPS) is 26.9. The van der Waals surface area contributed by atoms with Gasteiger partial charge in [0.05, 0.1) is 5.38 Å². The van der Waals surface area contributed by atoms with Crippen LogP contribution in [0.15, 0.2) is 30.3 Å². The maximum Gasteiger partial charge on any atom is 0.0503 e. The minimum Gasteiger partial charge on any atom is -0.298 e. The van der Waals surface area contributed by atoms with Gasteiger partial charge in [-0.3, -0.25) is 4.90 Å². The summed E-state index contributed by atoms with van der Waals surface area (Å²) >= 11 is 12.2. The molecule has 3 heteroatoms. The quantitative estimate of drug-likeness (QED) is 0.751. The molecule has 0 bridgehead atoms. The molecule has 0 aliphatic carbocycles. The highest BCUT2D eigenvalue weighted by Crippen LogP contribution is 2.24. The van der Waals surface area contributed by atoms with Crippen molar-refractivity contribution in [2.75, 3.05) is 19.0 Å². The van der Waals surface area contributed by atoms with Crippen molar-refractivity contribution >= 4 is 23.2 Å². The highest BCUT2D eigenvalue weighted by Gasteiger charge is 2.26. The SMILES string of the molecule is ClCC1CCN(Cc2ccccc2)CC1Cl. The van der Waals surface area contributed by atoms with E-state index in [2.05, 4.69) is 29.2 Å². The first-order chi connectivity index (χ1) is 7.79. The summed E-state index contributed by atoms with van der Waals surface area (Å²) in [5.74, 6) is 1.17. The molecule has 2 atom stereocenters. The second kappa shape index (κ2) is 5.90. The van der Waals surface area contributed by atoms with Crippen molar-refractivity contribution in [3.63, 3.8) is 0 Å². The van der Waals surface area contributed by atoms with Crippen LogP contribution in [0.2, 0.25) is 0 Å². The number of rotatable bonds is 3. The van der Waals surface area contributed by atoms with Crippen molar-refractivity contribution in [1.82, 2.24) is 4.90 Å². The number of hydrogen-bond acceptors (Lipinski definition) is 1. The predicted molar refractivity (Wildman–Crippen MR) is 70.2 cm³/mol. The zero-order chi connectivity index (χ0) is 11.4. The van der Waals surface area contributed by atoms with Crippen LogP contribution in [0, 0.1) is 5.92 Å². The molecule has 1 saturated heterocycles. The Kier molecular flexibility index (Phi) is 4.51. The van der Waals surface area contributed by atoms with Gasteiger partial charge in [-0.15, -0.1) is 23.2 Å². The minimum absolute atomic E-state index is 0.204. The summed E-state index contributed by atoms with van der Waals surface area (Å²) in [4.78, 5) is 2.41. The topological polar surface area (TPSA) is 3.24 Å². The number of likely N-dealkylation sites (tertiary alicyclic amines) is 1. The van der Waals surface area contributed by atoms with Crippen LogP contribution in [0.25, 0.3) is 0 Å². The standard InChI is InChI=1S/C13H17Cl2N/c14-8-12-6-7-16(10-13(12)15)9-11-4-2-1-3-5-11/h1-5,12-13H,6-10H2. The summed E-state index contributed by atoms with van der Waals surface area (Å²) in [5.41, 5.74) is 1.36. The fraction of sp³-hybridized carbons (Fsp3) is 0.538. The average molecular weight is 258 g/mol. The molecule has 1 aliphatic rings. The molecule has 2 rings (SSSR count).